The van der Waals surface area contributed by atoms with Gasteiger partial charge in [0.05, 0.1) is 0 Å². The maximum atomic E-state index is 11.8. The van der Waals surface area contributed by atoms with Crippen LogP contribution in [0.5, 0.6) is 0 Å². The summed E-state index contributed by atoms with van der Waals surface area (Å²) in [7, 11) is 0. The first-order chi connectivity index (χ1) is 7.97. The van der Waals surface area contributed by atoms with Gasteiger partial charge in [0.25, 0.3) is 0 Å². The summed E-state index contributed by atoms with van der Waals surface area (Å²) in [6.45, 7) is -0.959. The van der Waals surface area contributed by atoms with Crippen molar-refractivity contribution in [2.45, 2.75) is 51.1 Å². The quantitative estimate of drug-likeness (QED) is 0.510. The molecule has 0 bridgehead atoms. The standard InChI is InChI=1S/C12H20ClF3O/c13-9-11(5-2-1-3-6-11)7-4-8-17-10-12(14,15)16/h1-10H2. The summed E-state index contributed by atoms with van der Waals surface area (Å²) >= 11 is 6.00. The van der Waals surface area contributed by atoms with Crippen LogP contribution in [-0.4, -0.2) is 25.3 Å². The van der Waals surface area contributed by atoms with Crippen LogP contribution in [0.4, 0.5) is 13.2 Å². The first-order valence-corrected chi connectivity index (χ1v) is 6.71. The van der Waals surface area contributed by atoms with Crippen molar-refractivity contribution >= 4 is 11.6 Å². The van der Waals surface area contributed by atoms with E-state index in [2.05, 4.69) is 4.74 Å². The largest absolute Gasteiger partial charge is 0.411 e. The average Bonchev–Trinajstić information content (AvgIpc) is 2.28. The molecular formula is C12H20ClF3O. The normalized spacial score (nSPS) is 20.5. The van der Waals surface area contributed by atoms with Gasteiger partial charge in [0.15, 0.2) is 0 Å². The zero-order valence-electron chi connectivity index (χ0n) is 9.99. The number of hydrogen-bond acceptors (Lipinski definition) is 1. The highest BCUT2D eigenvalue weighted by atomic mass is 35.5. The summed E-state index contributed by atoms with van der Waals surface area (Å²) in [6.07, 6.45) is 3.19. The van der Waals surface area contributed by atoms with Crippen LogP contribution in [0.15, 0.2) is 0 Å². The molecule has 17 heavy (non-hydrogen) atoms. The molecule has 0 atom stereocenters. The SMILES string of the molecule is FC(F)(F)COCCCC1(CCl)CCCCC1. The van der Waals surface area contributed by atoms with E-state index < -0.39 is 12.8 Å². The fraction of sp³-hybridized carbons (Fsp3) is 1.00. The Kier molecular flexibility index (Phi) is 6.07. The summed E-state index contributed by atoms with van der Waals surface area (Å²) in [5.41, 5.74) is 0.154. The lowest BCUT2D eigenvalue weighted by atomic mass is 9.73. The summed E-state index contributed by atoms with van der Waals surface area (Å²) in [5, 5.41) is 0. The van der Waals surface area contributed by atoms with E-state index in [1.165, 1.54) is 19.3 Å². The number of alkyl halides is 4. The molecule has 5 heteroatoms. The zero-order valence-corrected chi connectivity index (χ0v) is 10.7. The van der Waals surface area contributed by atoms with Crippen molar-refractivity contribution in [1.82, 2.24) is 0 Å². The summed E-state index contributed by atoms with van der Waals surface area (Å²) in [6, 6.07) is 0. The van der Waals surface area contributed by atoms with E-state index in [4.69, 9.17) is 11.6 Å². The molecule has 1 saturated carbocycles. The van der Waals surface area contributed by atoms with Gasteiger partial charge in [0.2, 0.25) is 0 Å². The molecule has 1 aliphatic carbocycles. The minimum absolute atomic E-state index is 0.154. The number of rotatable bonds is 6. The first kappa shape index (κ1) is 15.1. The molecule has 1 fully saturated rings. The van der Waals surface area contributed by atoms with E-state index in [9.17, 15) is 13.2 Å². The van der Waals surface area contributed by atoms with E-state index in [0.29, 0.717) is 12.3 Å². The third kappa shape index (κ3) is 5.96. The number of hydrogen-bond donors (Lipinski definition) is 0. The topological polar surface area (TPSA) is 9.23 Å². The lowest BCUT2D eigenvalue weighted by molar-refractivity contribution is -0.174. The van der Waals surface area contributed by atoms with Crippen molar-refractivity contribution in [3.05, 3.63) is 0 Å². The van der Waals surface area contributed by atoms with Crippen LogP contribution in [0.1, 0.15) is 44.9 Å². The Morgan fingerprint density at radius 2 is 1.76 bits per heavy atom. The minimum Gasteiger partial charge on any atom is -0.372 e. The number of halogens is 4. The summed E-state index contributed by atoms with van der Waals surface area (Å²) in [4.78, 5) is 0. The van der Waals surface area contributed by atoms with Crippen LogP contribution in [-0.2, 0) is 4.74 Å². The third-order valence-electron chi connectivity index (χ3n) is 3.46. The predicted molar refractivity (Wildman–Crippen MR) is 62.3 cm³/mol. The molecule has 0 saturated heterocycles. The molecule has 1 rings (SSSR count). The fourth-order valence-corrected chi connectivity index (χ4v) is 2.89. The van der Waals surface area contributed by atoms with Gasteiger partial charge in [-0.3, -0.25) is 0 Å². The lowest BCUT2D eigenvalue weighted by Crippen LogP contribution is -2.26. The van der Waals surface area contributed by atoms with Gasteiger partial charge in [-0.1, -0.05) is 19.3 Å². The maximum absolute atomic E-state index is 11.8. The lowest BCUT2D eigenvalue weighted by Gasteiger charge is -2.35. The molecular weight excluding hydrogens is 253 g/mol. The molecule has 1 nitrogen and oxygen atoms in total. The minimum atomic E-state index is -4.21. The second-order valence-electron chi connectivity index (χ2n) is 4.97. The van der Waals surface area contributed by atoms with Crippen molar-refractivity contribution in [2.24, 2.45) is 5.41 Å². The van der Waals surface area contributed by atoms with Crippen LogP contribution < -0.4 is 0 Å². The molecule has 102 valence electrons. The molecule has 0 N–H and O–H groups in total. The second kappa shape index (κ2) is 6.83. The summed E-state index contributed by atoms with van der Waals surface area (Å²) in [5.74, 6) is 0.617. The van der Waals surface area contributed by atoms with Gasteiger partial charge in [0, 0.05) is 12.5 Å². The van der Waals surface area contributed by atoms with Gasteiger partial charge < -0.3 is 4.74 Å². The van der Waals surface area contributed by atoms with Crippen molar-refractivity contribution in [1.29, 1.82) is 0 Å². The predicted octanol–water partition coefficient (Wildman–Crippen LogP) is 4.53. The monoisotopic (exact) mass is 272 g/mol. The zero-order chi connectivity index (χ0) is 12.8. The van der Waals surface area contributed by atoms with Crippen LogP contribution in [0.25, 0.3) is 0 Å². The van der Waals surface area contributed by atoms with Gasteiger partial charge in [-0.05, 0) is 31.1 Å². The summed E-state index contributed by atoms with van der Waals surface area (Å²) < 4.78 is 40.1. The van der Waals surface area contributed by atoms with E-state index in [0.717, 1.165) is 19.3 Å². The van der Waals surface area contributed by atoms with Crippen LogP contribution in [0, 0.1) is 5.41 Å². The molecule has 1 aliphatic rings. The van der Waals surface area contributed by atoms with Crippen LogP contribution in [0.2, 0.25) is 0 Å². The molecule has 0 heterocycles. The Balaban J connectivity index is 2.15. The van der Waals surface area contributed by atoms with E-state index in [1.54, 1.807) is 0 Å². The highest BCUT2D eigenvalue weighted by Crippen LogP contribution is 2.41. The van der Waals surface area contributed by atoms with Crippen molar-refractivity contribution in [3.8, 4) is 0 Å². The van der Waals surface area contributed by atoms with Crippen molar-refractivity contribution in [2.75, 3.05) is 19.1 Å². The van der Waals surface area contributed by atoms with Crippen LogP contribution >= 0.6 is 11.6 Å². The molecule has 0 aromatic carbocycles. The number of ether oxygens (including phenoxy) is 1. The molecule has 0 spiro atoms. The molecule has 0 aromatic rings. The van der Waals surface area contributed by atoms with Crippen molar-refractivity contribution < 1.29 is 17.9 Å². The Morgan fingerprint density at radius 1 is 1.12 bits per heavy atom. The molecule has 0 aromatic heterocycles. The van der Waals surface area contributed by atoms with Gasteiger partial charge in [-0.15, -0.1) is 11.6 Å². The second-order valence-corrected chi connectivity index (χ2v) is 5.23. The van der Waals surface area contributed by atoms with Crippen molar-refractivity contribution in [3.63, 3.8) is 0 Å². The average molecular weight is 273 g/mol. The smallest absolute Gasteiger partial charge is 0.372 e. The molecule has 0 radical (unpaired) electrons. The Hall–Kier alpha value is 0.0400. The Bertz CT molecular complexity index is 212. The highest BCUT2D eigenvalue weighted by Gasteiger charge is 2.31. The van der Waals surface area contributed by atoms with Gasteiger partial charge in [-0.2, -0.15) is 13.2 Å². The third-order valence-corrected chi connectivity index (χ3v) is 4.03. The highest BCUT2D eigenvalue weighted by molar-refractivity contribution is 6.18. The molecule has 0 amide bonds. The van der Waals surface area contributed by atoms with Gasteiger partial charge in [-0.25, -0.2) is 0 Å². The molecule has 0 unspecified atom stereocenters. The van der Waals surface area contributed by atoms with E-state index in [1.807, 2.05) is 0 Å². The maximum Gasteiger partial charge on any atom is 0.411 e. The molecule has 0 aliphatic heterocycles. The first-order valence-electron chi connectivity index (χ1n) is 6.18. The fourth-order valence-electron chi connectivity index (χ4n) is 2.49. The Morgan fingerprint density at radius 3 is 2.29 bits per heavy atom. The van der Waals surface area contributed by atoms with E-state index in [-0.39, 0.29) is 12.0 Å². The van der Waals surface area contributed by atoms with E-state index >= 15 is 0 Å². The van der Waals surface area contributed by atoms with Gasteiger partial charge in [0.1, 0.15) is 6.61 Å². The van der Waals surface area contributed by atoms with Gasteiger partial charge >= 0.3 is 6.18 Å². The Labute approximate surface area is 106 Å². The van der Waals surface area contributed by atoms with Crippen LogP contribution in [0.3, 0.4) is 0 Å².